The topological polar surface area (TPSA) is 68.8 Å². The quantitative estimate of drug-likeness (QED) is 0.182. The number of nitrogens with one attached hydrogen (secondary N) is 1. The van der Waals surface area contributed by atoms with Crippen LogP contribution in [0.15, 0.2) is 138 Å². The Kier molecular flexibility index (Phi) is 6.97. The molecule has 8 rings (SSSR count). The summed E-state index contributed by atoms with van der Waals surface area (Å²) in [4.78, 5) is 9.08. The summed E-state index contributed by atoms with van der Waals surface area (Å²) in [6.45, 7) is 2.16. The summed E-state index contributed by atoms with van der Waals surface area (Å²) in [6.07, 6.45) is 11.6. The molecule has 0 saturated heterocycles. The fourth-order valence-electron chi connectivity index (χ4n) is 6.29. The van der Waals surface area contributed by atoms with Crippen LogP contribution in [-0.4, -0.2) is 19.9 Å². The summed E-state index contributed by atoms with van der Waals surface area (Å²) in [5.41, 5.74) is 16.3. The smallest absolute Gasteiger partial charge is 0.124 e. The Morgan fingerprint density at radius 1 is 0.867 bits per heavy atom. The number of aromatic nitrogens is 3. The van der Waals surface area contributed by atoms with Crippen molar-refractivity contribution in [2.75, 3.05) is 0 Å². The van der Waals surface area contributed by atoms with Gasteiger partial charge in [0.05, 0.1) is 16.4 Å². The molecule has 45 heavy (non-hydrogen) atoms. The molecular formula is C38H29N5S2. The zero-order valence-corrected chi connectivity index (χ0v) is 26.1. The van der Waals surface area contributed by atoms with E-state index in [1.165, 1.54) is 27.1 Å². The third kappa shape index (κ3) is 4.81. The van der Waals surface area contributed by atoms with Crippen molar-refractivity contribution in [3.8, 4) is 27.4 Å². The number of pyridine rings is 1. The van der Waals surface area contributed by atoms with Crippen molar-refractivity contribution in [3.05, 3.63) is 144 Å². The number of allylic oxidation sites excluding steroid dienone is 2. The van der Waals surface area contributed by atoms with E-state index in [9.17, 15) is 0 Å². The maximum atomic E-state index is 6.38. The first kappa shape index (κ1) is 27.4. The van der Waals surface area contributed by atoms with E-state index in [4.69, 9.17) is 5.73 Å². The van der Waals surface area contributed by atoms with Crippen LogP contribution in [0.1, 0.15) is 12.5 Å². The van der Waals surface area contributed by atoms with Gasteiger partial charge in [0, 0.05) is 64.0 Å². The molecule has 1 aliphatic rings. The number of thioether (sulfide) groups is 1. The Labute approximate surface area is 269 Å². The van der Waals surface area contributed by atoms with Crippen molar-refractivity contribution in [2.45, 2.75) is 12.3 Å². The van der Waals surface area contributed by atoms with Gasteiger partial charge in [0.2, 0.25) is 0 Å². The van der Waals surface area contributed by atoms with Crippen LogP contribution in [0, 0.1) is 0 Å². The van der Waals surface area contributed by atoms with Gasteiger partial charge in [0.15, 0.2) is 0 Å². The Balaban J connectivity index is 1.40. The lowest BCUT2D eigenvalue weighted by atomic mass is 9.93. The van der Waals surface area contributed by atoms with E-state index in [-0.39, 0.29) is 5.37 Å². The van der Waals surface area contributed by atoms with E-state index in [0.29, 0.717) is 0 Å². The summed E-state index contributed by atoms with van der Waals surface area (Å²) in [6, 6.07) is 30.5. The second-order valence-electron chi connectivity index (χ2n) is 11.1. The van der Waals surface area contributed by atoms with Crippen molar-refractivity contribution in [1.82, 2.24) is 19.9 Å². The highest BCUT2D eigenvalue weighted by molar-refractivity contribution is 8.03. The highest BCUT2D eigenvalue weighted by Gasteiger charge is 2.20. The molecule has 0 radical (unpaired) electrons. The molecule has 0 saturated carbocycles. The van der Waals surface area contributed by atoms with E-state index in [1.54, 1.807) is 29.3 Å². The zero-order chi connectivity index (χ0) is 30.3. The molecular weight excluding hydrogens is 591 g/mol. The summed E-state index contributed by atoms with van der Waals surface area (Å²) >= 11 is 3.39. The number of hydrogen-bond donors (Lipinski definition) is 2. The lowest BCUT2D eigenvalue weighted by Gasteiger charge is -2.15. The fraction of sp³-hybridized carbons (Fsp3) is 0.0526. The average Bonchev–Trinajstić information content (AvgIpc) is 3.88. The van der Waals surface area contributed by atoms with Gasteiger partial charge in [-0.25, -0.2) is 4.98 Å². The molecule has 1 unspecified atom stereocenters. The molecule has 0 amide bonds. The molecule has 4 heterocycles. The zero-order valence-electron chi connectivity index (χ0n) is 24.5. The monoisotopic (exact) mass is 619 g/mol. The van der Waals surface area contributed by atoms with E-state index in [1.807, 2.05) is 30.2 Å². The van der Waals surface area contributed by atoms with Crippen LogP contribution in [0.2, 0.25) is 0 Å². The minimum Gasteiger partial charge on any atom is -0.404 e. The minimum absolute atomic E-state index is 0.202. The van der Waals surface area contributed by atoms with Crippen molar-refractivity contribution < 1.29 is 0 Å². The van der Waals surface area contributed by atoms with Gasteiger partial charge < -0.3 is 15.6 Å². The van der Waals surface area contributed by atoms with Crippen LogP contribution >= 0.6 is 23.1 Å². The van der Waals surface area contributed by atoms with Crippen LogP contribution in [0.3, 0.4) is 0 Å². The van der Waals surface area contributed by atoms with Crippen LogP contribution < -0.4 is 11.1 Å². The van der Waals surface area contributed by atoms with E-state index in [0.717, 1.165) is 49.6 Å². The van der Waals surface area contributed by atoms with Crippen LogP contribution in [0.5, 0.6) is 0 Å². The summed E-state index contributed by atoms with van der Waals surface area (Å²) < 4.78 is 2.38. The molecule has 3 N–H and O–H groups in total. The minimum atomic E-state index is 0.202. The molecule has 1 aliphatic heterocycles. The van der Waals surface area contributed by atoms with E-state index < -0.39 is 0 Å². The van der Waals surface area contributed by atoms with Gasteiger partial charge >= 0.3 is 0 Å². The maximum absolute atomic E-state index is 6.38. The normalized spacial score (nSPS) is 15.4. The molecule has 0 bridgehead atoms. The third-order valence-corrected chi connectivity index (χ3v) is 10.3. The molecule has 0 fully saturated rings. The predicted molar refractivity (Wildman–Crippen MR) is 192 cm³/mol. The Bertz CT molecular complexity index is 2290. The number of benzene rings is 4. The highest BCUT2D eigenvalue weighted by Crippen LogP contribution is 2.42. The lowest BCUT2D eigenvalue weighted by Crippen LogP contribution is -2.17. The number of fused-ring (bicyclic) bond motifs is 5. The molecule has 7 heteroatoms. The first-order chi connectivity index (χ1) is 22.2. The number of para-hydroxylation sites is 1. The van der Waals surface area contributed by atoms with E-state index >= 15 is 0 Å². The number of hydrogen-bond acceptors (Lipinski definition) is 6. The van der Waals surface area contributed by atoms with Crippen LogP contribution in [0.4, 0.5) is 0 Å². The lowest BCUT2D eigenvalue weighted by molar-refractivity contribution is 0.894. The van der Waals surface area contributed by atoms with Gasteiger partial charge in [-0.3, -0.25) is 4.98 Å². The summed E-state index contributed by atoms with van der Waals surface area (Å²) in [7, 11) is 0. The Morgan fingerprint density at radius 2 is 1.69 bits per heavy atom. The molecule has 4 aromatic carbocycles. The molecule has 0 spiro atoms. The molecule has 7 aromatic rings. The summed E-state index contributed by atoms with van der Waals surface area (Å²) in [5.74, 6) is 0. The van der Waals surface area contributed by atoms with Gasteiger partial charge in [-0.05, 0) is 75.7 Å². The third-order valence-electron chi connectivity index (χ3n) is 8.36. The van der Waals surface area contributed by atoms with Crippen molar-refractivity contribution >= 4 is 61.3 Å². The first-order valence-corrected chi connectivity index (χ1v) is 16.6. The van der Waals surface area contributed by atoms with Gasteiger partial charge in [-0.1, -0.05) is 60.7 Å². The Hall–Kier alpha value is -5.11. The molecule has 0 aliphatic carbocycles. The van der Waals surface area contributed by atoms with E-state index in [2.05, 4.69) is 123 Å². The van der Waals surface area contributed by atoms with Gasteiger partial charge in [-0.2, -0.15) is 0 Å². The molecule has 218 valence electrons. The number of thiazole rings is 1. The molecule has 3 aromatic heterocycles. The standard InChI is InChI=1S/C38H29N5S2/c1-24(37-41-13-15-44-37)17-26(21-39)33-20-35-36(31-10-6-5-9-30(31)33)32-12-11-25(19-34(32)43(35)29-7-3-2-4-8-29)27-18-28(23-40-22-27)38-42-14-16-45-38/h2-23,37,41H,39H2,1H3/b24-17+,26-21+. The number of nitrogens with two attached hydrogens (primary N) is 1. The first-order valence-electron chi connectivity index (χ1n) is 14.8. The number of rotatable bonds is 6. The Morgan fingerprint density at radius 3 is 2.47 bits per heavy atom. The highest BCUT2D eigenvalue weighted by atomic mass is 32.2. The van der Waals surface area contributed by atoms with Gasteiger partial charge in [0.25, 0.3) is 0 Å². The second kappa shape index (κ2) is 11.4. The van der Waals surface area contributed by atoms with Crippen molar-refractivity contribution in [2.24, 2.45) is 5.73 Å². The van der Waals surface area contributed by atoms with Crippen LogP contribution in [-0.2, 0) is 0 Å². The SMILES string of the molecule is C/C(=C\C(=C/N)c1cc2c(c3ccccc13)c1ccc(-c3cncc(-c4nccs4)c3)cc1n2-c1ccccc1)C1NC=CS1. The van der Waals surface area contributed by atoms with Gasteiger partial charge in [-0.15, -0.1) is 23.1 Å². The predicted octanol–water partition coefficient (Wildman–Crippen LogP) is 9.50. The summed E-state index contributed by atoms with van der Waals surface area (Å²) in [5, 5.41) is 13.5. The molecule has 1 atom stereocenters. The van der Waals surface area contributed by atoms with Crippen molar-refractivity contribution in [1.29, 1.82) is 0 Å². The largest absolute Gasteiger partial charge is 0.404 e. The number of nitrogens with zero attached hydrogens (tertiary/aromatic N) is 3. The second-order valence-corrected chi connectivity index (χ2v) is 13.0. The van der Waals surface area contributed by atoms with Crippen LogP contribution in [0.25, 0.3) is 65.5 Å². The van der Waals surface area contributed by atoms with Gasteiger partial charge in [0.1, 0.15) is 5.01 Å². The molecule has 5 nitrogen and oxygen atoms in total. The fourth-order valence-corrected chi connectivity index (χ4v) is 7.67. The average molecular weight is 620 g/mol. The maximum Gasteiger partial charge on any atom is 0.124 e. The van der Waals surface area contributed by atoms with Crippen molar-refractivity contribution in [3.63, 3.8) is 0 Å².